The zero-order valence-electron chi connectivity index (χ0n) is 11.5. The summed E-state index contributed by atoms with van der Waals surface area (Å²) >= 11 is 0. The molecule has 8 heteroatoms. The zero-order chi connectivity index (χ0) is 15.0. The Morgan fingerprint density at radius 1 is 1.05 bits per heavy atom. The van der Waals surface area contributed by atoms with Crippen LogP contribution in [-0.4, -0.2) is 48.2 Å². The van der Waals surface area contributed by atoms with Crippen LogP contribution in [0.2, 0.25) is 0 Å². The minimum absolute atomic E-state index is 0.0330. The van der Waals surface area contributed by atoms with Crippen LogP contribution in [0.4, 0.5) is 0 Å². The number of nitrogens with two attached hydrogens (primary N) is 1. The van der Waals surface area contributed by atoms with Gasteiger partial charge in [-0.05, 0) is 12.1 Å². The summed E-state index contributed by atoms with van der Waals surface area (Å²) in [5, 5.41) is 4.84. The summed E-state index contributed by atoms with van der Waals surface area (Å²) in [7, 11) is -0.427. The molecule has 0 saturated carbocycles. The van der Waals surface area contributed by atoms with Crippen LogP contribution in [0.15, 0.2) is 18.2 Å². The lowest BCUT2D eigenvalue weighted by atomic mass is 10.3. The van der Waals surface area contributed by atoms with E-state index in [1.807, 2.05) is 0 Å². The van der Waals surface area contributed by atoms with Gasteiger partial charge in [-0.3, -0.25) is 0 Å². The zero-order valence-corrected chi connectivity index (χ0v) is 12.3. The summed E-state index contributed by atoms with van der Waals surface area (Å²) in [5.41, 5.74) is 0. The third kappa shape index (κ3) is 5.64. The number of ether oxygens (including phenoxy) is 4. The van der Waals surface area contributed by atoms with Crippen LogP contribution in [0.1, 0.15) is 0 Å². The van der Waals surface area contributed by atoms with E-state index in [1.165, 1.54) is 14.2 Å². The third-order valence-electron chi connectivity index (χ3n) is 2.37. The lowest BCUT2D eigenvalue weighted by molar-refractivity contribution is 0.108. The fourth-order valence-electron chi connectivity index (χ4n) is 1.44. The van der Waals surface area contributed by atoms with Crippen molar-refractivity contribution >= 4 is 10.0 Å². The van der Waals surface area contributed by atoms with Gasteiger partial charge in [-0.15, -0.1) is 0 Å². The second-order valence-electron chi connectivity index (χ2n) is 3.82. The summed E-state index contributed by atoms with van der Waals surface area (Å²) in [5.74, 6) is 1.36. The van der Waals surface area contributed by atoms with Crippen LogP contribution in [0.25, 0.3) is 0 Å². The molecule has 0 aliphatic rings. The van der Waals surface area contributed by atoms with Gasteiger partial charge >= 0.3 is 0 Å². The first-order valence-electron chi connectivity index (χ1n) is 5.90. The van der Waals surface area contributed by atoms with Crippen LogP contribution < -0.4 is 19.3 Å². The molecule has 20 heavy (non-hydrogen) atoms. The largest absolute Gasteiger partial charge is 0.493 e. The van der Waals surface area contributed by atoms with Crippen molar-refractivity contribution in [2.75, 3.05) is 39.8 Å². The van der Waals surface area contributed by atoms with Crippen molar-refractivity contribution < 1.29 is 27.4 Å². The SMILES string of the molecule is COc1cccc(OC)c1OCCOCCS(N)(=O)=O. The number of sulfonamides is 1. The molecule has 0 aliphatic heterocycles. The van der Waals surface area contributed by atoms with Gasteiger partial charge in [0.25, 0.3) is 0 Å². The van der Waals surface area contributed by atoms with Crippen LogP contribution in [0, 0.1) is 0 Å². The molecule has 0 radical (unpaired) electrons. The first-order valence-corrected chi connectivity index (χ1v) is 7.61. The molecule has 0 aliphatic carbocycles. The predicted octanol–water partition coefficient (Wildman–Crippen LogP) is 0.388. The van der Waals surface area contributed by atoms with E-state index in [1.54, 1.807) is 18.2 Å². The molecule has 0 unspecified atom stereocenters. The monoisotopic (exact) mass is 305 g/mol. The third-order valence-corrected chi connectivity index (χ3v) is 3.10. The van der Waals surface area contributed by atoms with E-state index < -0.39 is 10.0 Å². The van der Waals surface area contributed by atoms with E-state index >= 15 is 0 Å². The van der Waals surface area contributed by atoms with Gasteiger partial charge in [0.05, 0.1) is 33.2 Å². The average molecular weight is 305 g/mol. The normalized spacial score (nSPS) is 11.2. The standard InChI is InChI=1S/C12H19NO6S/c1-16-10-4-3-5-11(17-2)12(10)19-7-6-18-8-9-20(13,14)15/h3-5H,6-9H2,1-2H3,(H2,13,14,15). The molecular weight excluding hydrogens is 286 g/mol. The summed E-state index contributed by atoms with van der Waals surface area (Å²) < 4.78 is 42.3. The van der Waals surface area contributed by atoms with Gasteiger partial charge in [0, 0.05) is 0 Å². The van der Waals surface area contributed by atoms with E-state index in [4.69, 9.17) is 24.1 Å². The molecule has 0 aromatic heterocycles. The number of rotatable bonds is 9. The number of hydrogen-bond donors (Lipinski definition) is 1. The van der Waals surface area contributed by atoms with Gasteiger partial charge in [-0.1, -0.05) is 6.07 Å². The number of primary sulfonamides is 1. The van der Waals surface area contributed by atoms with Crippen molar-refractivity contribution in [3.05, 3.63) is 18.2 Å². The molecule has 1 aromatic rings. The molecule has 7 nitrogen and oxygen atoms in total. The lowest BCUT2D eigenvalue weighted by Crippen LogP contribution is -2.21. The van der Waals surface area contributed by atoms with Gasteiger partial charge in [-0.2, -0.15) is 0 Å². The smallest absolute Gasteiger partial charge is 0.211 e. The summed E-state index contributed by atoms with van der Waals surface area (Å²) in [6.07, 6.45) is 0. The molecule has 1 aromatic carbocycles. The topological polar surface area (TPSA) is 97.1 Å². The molecule has 0 bridgehead atoms. The van der Waals surface area contributed by atoms with Crippen molar-refractivity contribution in [3.8, 4) is 17.2 Å². The average Bonchev–Trinajstić information content (AvgIpc) is 2.41. The van der Waals surface area contributed by atoms with Crippen molar-refractivity contribution in [1.29, 1.82) is 0 Å². The van der Waals surface area contributed by atoms with Crippen molar-refractivity contribution in [2.24, 2.45) is 5.14 Å². The Labute approximate surface area is 118 Å². The highest BCUT2D eigenvalue weighted by molar-refractivity contribution is 7.89. The highest BCUT2D eigenvalue weighted by Gasteiger charge is 2.10. The fourth-order valence-corrected chi connectivity index (χ4v) is 1.79. The lowest BCUT2D eigenvalue weighted by Gasteiger charge is -2.14. The Morgan fingerprint density at radius 3 is 2.15 bits per heavy atom. The van der Waals surface area contributed by atoms with Gasteiger partial charge < -0.3 is 18.9 Å². The molecule has 0 fully saturated rings. The second kappa shape index (κ2) is 7.93. The molecule has 114 valence electrons. The Morgan fingerprint density at radius 2 is 1.65 bits per heavy atom. The maximum atomic E-state index is 10.7. The van der Waals surface area contributed by atoms with Gasteiger partial charge in [-0.25, -0.2) is 13.6 Å². The quantitative estimate of drug-likeness (QED) is 0.663. The first-order chi connectivity index (χ1) is 9.48. The molecular formula is C12H19NO6S. The predicted molar refractivity (Wildman–Crippen MR) is 73.8 cm³/mol. The summed E-state index contributed by atoms with van der Waals surface area (Å²) in [4.78, 5) is 0. The molecule has 0 saturated heterocycles. The molecule has 2 N–H and O–H groups in total. The van der Waals surface area contributed by atoms with Crippen molar-refractivity contribution in [3.63, 3.8) is 0 Å². The van der Waals surface area contributed by atoms with Crippen molar-refractivity contribution in [2.45, 2.75) is 0 Å². The number of benzene rings is 1. The number of methoxy groups -OCH3 is 2. The molecule has 0 amide bonds. The summed E-state index contributed by atoms with van der Waals surface area (Å²) in [6, 6.07) is 5.28. The van der Waals surface area contributed by atoms with E-state index in [-0.39, 0.29) is 25.6 Å². The minimum Gasteiger partial charge on any atom is -0.493 e. The molecule has 0 heterocycles. The maximum absolute atomic E-state index is 10.7. The van der Waals surface area contributed by atoms with Crippen LogP contribution in [0.5, 0.6) is 17.2 Å². The van der Waals surface area contributed by atoms with E-state index in [0.29, 0.717) is 17.2 Å². The van der Waals surface area contributed by atoms with E-state index in [2.05, 4.69) is 0 Å². The van der Waals surface area contributed by atoms with Gasteiger partial charge in [0.15, 0.2) is 11.5 Å². The minimum atomic E-state index is -3.49. The van der Waals surface area contributed by atoms with Gasteiger partial charge in [0.2, 0.25) is 15.8 Å². The molecule has 1 rings (SSSR count). The highest BCUT2D eigenvalue weighted by atomic mass is 32.2. The highest BCUT2D eigenvalue weighted by Crippen LogP contribution is 2.36. The number of hydrogen-bond acceptors (Lipinski definition) is 6. The van der Waals surface area contributed by atoms with E-state index in [0.717, 1.165) is 0 Å². The maximum Gasteiger partial charge on any atom is 0.211 e. The molecule has 0 spiro atoms. The first kappa shape index (κ1) is 16.5. The summed E-state index contributed by atoms with van der Waals surface area (Å²) in [6.45, 7) is 0.503. The Hall–Kier alpha value is -1.51. The second-order valence-corrected chi connectivity index (χ2v) is 5.55. The fraction of sp³-hybridized carbons (Fsp3) is 0.500. The Balaban J connectivity index is 2.42. The van der Waals surface area contributed by atoms with Crippen molar-refractivity contribution in [1.82, 2.24) is 0 Å². The van der Waals surface area contributed by atoms with Crippen LogP contribution >= 0.6 is 0 Å². The Kier molecular flexibility index (Phi) is 6.56. The van der Waals surface area contributed by atoms with E-state index in [9.17, 15) is 8.42 Å². The molecule has 0 atom stereocenters. The van der Waals surface area contributed by atoms with Gasteiger partial charge in [0.1, 0.15) is 6.61 Å². The number of para-hydroxylation sites is 1. The van der Waals surface area contributed by atoms with Crippen LogP contribution in [0.3, 0.4) is 0 Å². The van der Waals surface area contributed by atoms with Crippen LogP contribution in [-0.2, 0) is 14.8 Å². The Bertz CT molecular complexity index is 494.